The molecule has 2 N–H and O–H groups in total. The van der Waals surface area contributed by atoms with E-state index >= 15 is 0 Å². The quantitative estimate of drug-likeness (QED) is 0.220. The highest BCUT2D eigenvalue weighted by Crippen LogP contribution is 2.28. The number of aliphatic hydroxyl groups is 1. The van der Waals surface area contributed by atoms with Crippen molar-refractivity contribution in [1.82, 2.24) is 5.32 Å². The lowest BCUT2D eigenvalue weighted by Crippen LogP contribution is -2.30. The second-order valence-corrected chi connectivity index (χ2v) is 7.57. The normalized spacial score (nSPS) is 10.5. The van der Waals surface area contributed by atoms with Crippen molar-refractivity contribution in [2.45, 2.75) is 13.0 Å². The van der Waals surface area contributed by atoms with Gasteiger partial charge in [0.2, 0.25) is 0 Å². The molecule has 2 aromatic carbocycles. The Bertz CT molecular complexity index is 909. The van der Waals surface area contributed by atoms with E-state index in [1.165, 1.54) is 32.4 Å². The number of hydrogen-bond donors (Lipinski definition) is 2. The molecule has 0 atom stereocenters. The fraction of sp³-hybridized carbons (Fsp3) is 0.381. The van der Waals surface area contributed by atoms with Crippen molar-refractivity contribution in [3.05, 3.63) is 57.6 Å². The molecule has 0 spiro atoms. The third-order valence-corrected chi connectivity index (χ3v) is 5.32. The van der Waals surface area contributed by atoms with Gasteiger partial charge < -0.3 is 24.8 Å². The Kier molecular flexibility index (Phi) is 9.41. The van der Waals surface area contributed by atoms with Gasteiger partial charge in [0.1, 0.15) is 6.73 Å². The van der Waals surface area contributed by atoms with Gasteiger partial charge in [0, 0.05) is 25.2 Å². The molecule has 0 aliphatic rings. The van der Waals surface area contributed by atoms with Crippen LogP contribution >= 0.6 is 11.8 Å². The van der Waals surface area contributed by atoms with E-state index in [0.717, 1.165) is 17.7 Å². The molecule has 10 heteroatoms. The number of hydrogen-bond acceptors (Lipinski definition) is 8. The molecule has 31 heavy (non-hydrogen) atoms. The summed E-state index contributed by atoms with van der Waals surface area (Å²) >= 11 is 1.68. The fourth-order valence-corrected chi connectivity index (χ4v) is 3.45. The van der Waals surface area contributed by atoms with Crippen LogP contribution in [0.4, 0.5) is 11.4 Å². The summed E-state index contributed by atoms with van der Waals surface area (Å²) in [5, 5.41) is 23.8. The van der Waals surface area contributed by atoms with Crippen LogP contribution in [0, 0.1) is 10.1 Å². The number of nitrogens with one attached hydrogen (secondary N) is 1. The number of nitro benzene ring substituents is 1. The molecule has 0 aromatic heterocycles. The number of ether oxygens (including phenoxy) is 2. The number of carbonyl (C=O) groups is 1. The van der Waals surface area contributed by atoms with Gasteiger partial charge in [0.25, 0.3) is 11.6 Å². The van der Waals surface area contributed by atoms with Crippen LogP contribution in [-0.2, 0) is 6.54 Å². The highest BCUT2D eigenvalue weighted by Gasteiger charge is 2.20. The molecular weight excluding hydrogens is 422 g/mol. The van der Waals surface area contributed by atoms with Crippen LogP contribution in [-0.4, -0.2) is 55.4 Å². The van der Waals surface area contributed by atoms with Crippen LogP contribution in [0.25, 0.3) is 0 Å². The van der Waals surface area contributed by atoms with Crippen LogP contribution in [0.2, 0.25) is 0 Å². The van der Waals surface area contributed by atoms with E-state index in [4.69, 9.17) is 9.47 Å². The van der Waals surface area contributed by atoms with Crippen molar-refractivity contribution >= 4 is 29.0 Å². The van der Waals surface area contributed by atoms with Gasteiger partial charge in [-0.15, -0.1) is 0 Å². The minimum absolute atomic E-state index is 0.132. The van der Waals surface area contributed by atoms with E-state index in [2.05, 4.69) is 5.32 Å². The van der Waals surface area contributed by atoms with E-state index < -0.39 is 10.8 Å². The molecule has 168 valence electrons. The number of thioether (sulfide) groups is 1. The zero-order chi connectivity index (χ0) is 22.8. The Labute approximate surface area is 185 Å². The second kappa shape index (κ2) is 12.0. The first-order chi connectivity index (χ1) is 14.9. The number of aliphatic hydroxyl groups excluding tert-OH is 1. The summed E-state index contributed by atoms with van der Waals surface area (Å²) in [6.45, 7) is 0.403. The lowest BCUT2D eigenvalue weighted by Gasteiger charge is -2.24. The van der Waals surface area contributed by atoms with Crippen LogP contribution in [0.5, 0.6) is 11.5 Å². The number of carbonyl (C=O) groups excluding carboxylic acids is 1. The van der Waals surface area contributed by atoms with Crippen LogP contribution in [0.15, 0.2) is 36.4 Å². The maximum Gasteiger partial charge on any atom is 0.270 e. The minimum atomic E-state index is -0.550. The Morgan fingerprint density at radius 2 is 1.94 bits per heavy atom. The molecule has 0 bridgehead atoms. The third-order valence-electron chi connectivity index (χ3n) is 4.62. The largest absolute Gasteiger partial charge is 0.493 e. The van der Waals surface area contributed by atoms with Gasteiger partial charge in [-0.25, -0.2) is 0 Å². The van der Waals surface area contributed by atoms with E-state index in [0.29, 0.717) is 23.7 Å². The van der Waals surface area contributed by atoms with Crippen molar-refractivity contribution in [2.75, 3.05) is 44.4 Å². The smallest absolute Gasteiger partial charge is 0.270 e. The van der Waals surface area contributed by atoms with Crippen molar-refractivity contribution in [3.63, 3.8) is 0 Å². The number of anilines is 1. The molecule has 2 rings (SSSR count). The number of nitro groups is 1. The number of methoxy groups -OCH3 is 2. The van der Waals surface area contributed by atoms with Gasteiger partial charge in [-0.2, -0.15) is 11.8 Å². The van der Waals surface area contributed by atoms with E-state index in [9.17, 15) is 20.0 Å². The van der Waals surface area contributed by atoms with E-state index in [1.54, 1.807) is 34.9 Å². The molecule has 0 heterocycles. The summed E-state index contributed by atoms with van der Waals surface area (Å²) in [6, 6.07) is 9.33. The van der Waals surface area contributed by atoms with E-state index in [1.807, 2.05) is 6.26 Å². The molecule has 0 saturated heterocycles. The van der Waals surface area contributed by atoms with Gasteiger partial charge in [0.15, 0.2) is 11.5 Å². The molecule has 0 aliphatic heterocycles. The predicted molar refractivity (Wildman–Crippen MR) is 121 cm³/mol. The number of benzene rings is 2. The van der Waals surface area contributed by atoms with Gasteiger partial charge in [-0.1, -0.05) is 6.07 Å². The topological polar surface area (TPSA) is 114 Å². The summed E-state index contributed by atoms with van der Waals surface area (Å²) in [7, 11) is 3.06. The molecule has 0 unspecified atom stereocenters. The van der Waals surface area contributed by atoms with Gasteiger partial charge in [-0.3, -0.25) is 14.9 Å². The number of rotatable bonds is 12. The Morgan fingerprint density at radius 1 is 1.19 bits per heavy atom. The monoisotopic (exact) mass is 449 g/mol. The van der Waals surface area contributed by atoms with Crippen molar-refractivity contribution in [1.29, 1.82) is 0 Å². The first-order valence-electron chi connectivity index (χ1n) is 9.57. The average Bonchev–Trinajstić information content (AvgIpc) is 2.79. The van der Waals surface area contributed by atoms with Crippen LogP contribution in [0.3, 0.4) is 0 Å². The molecule has 0 aliphatic carbocycles. The number of non-ortho nitro benzene ring substituents is 1. The van der Waals surface area contributed by atoms with Gasteiger partial charge in [-0.05, 0) is 42.2 Å². The van der Waals surface area contributed by atoms with E-state index in [-0.39, 0.29) is 24.5 Å². The molecule has 0 radical (unpaired) electrons. The summed E-state index contributed by atoms with van der Waals surface area (Å²) in [4.78, 5) is 25.3. The third kappa shape index (κ3) is 6.50. The molecule has 9 nitrogen and oxygen atoms in total. The Hall–Kier alpha value is -2.98. The Balaban J connectivity index is 2.26. The molecular formula is C21H27N3O6S. The molecule has 1 amide bonds. The van der Waals surface area contributed by atoms with Gasteiger partial charge >= 0.3 is 0 Å². The SMILES string of the molecule is COc1ccc(CNC(=O)c2cc([N+](=O)[O-])ccc2N(CO)CCCSC)cc1OC. The summed E-state index contributed by atoms with van der Waals surface area (Å²) < 4.78 is 10.5. The van der Waals surface area contributed by atoms with Crippen LogP contribution < -0.4 is 19.7 Å². The number of amides is 1. The fourth-order valence-electron chi connectivity index (χ4n) is 3.03. The van der Waals surface area contributed by atoms with Crippen molar-refractivity contribution in [3.8, 4) is 11.5 Å². The van der Waals surface area contributed by atoms with Crippen LogP contribution in [0.1, 0.15) is 22.3 Å². The van der Waals surface area contributed by atoms with Crippen molar-refractivity contribution in [2.24, 2.45) is 0 Å². The highest BCUT2D eigenvalue weighted by atomic mass is 32.2. The first kappa shape index (κ1) is 24.3. The lowest BCUT2D eigenvalue weighted by atomic mass is 10.1. The maximum absolute atomic E-state index is 12.9. The lowest BCUT2D eigenvalue weighted by molar-refractivity contribution is -0.384. The maximum atomic E-state index is 12.9. The zero-order valence-electron chi connectivity index (χ0n) is 17.8. The summed E-state index contributed by atoms with van der Waals surface area (Å²) in [6.07, 6.45) is 2.79. The minimum Gasteiger partial charge on any atom is -0.493 e. The second-order valence-electron chi connectivity index (χ2n) is 6.58. The molecule has 0 saturated carbocycles. The summed E-state index contributed by atoms with van der Waals surface area (Å²) in [5.41, 5.74) is 1.16. The van der Waals surface area contributed by atoms with Crippen molar-refractivity contribution < 1.29 is 24.3 Å². The highest BCUT2D eigenvalue weighted by molar-refractivity contribution is 7.98. The van der Waals surface area contributed by atoms with Gasteiger partial charge in [0.05, 0.1) is 30.4 Å². The molecule has 2 aromatic rings. The zero-order valence-corrected chi connectivity index (χ0v) is 18.6. The number of nitrogens with zero attached hydrogens (tertiary/aromatic N) is 2. The molecule has 0 fully saturated rings. The Morgan fingerprint density at radius 3 is 2.55 bits per heavy atom. The predicted octanol–water partition coefficient (Wildman–Crippen LogP) is 3.05. The summed E-state index contributed by atoms with van der Waals surface area (Å²) in [5.74, 6) is 1.52. The average molecular weight is 450 g/mol. The standard InChI is InChI=1S/C21H27N3O6S/c1-29-19-8-5-15(11-20(19)30-2)13-22-21(26)17-12-16(24(27)28)6-7-18(17)23(14-25)9-4-10-31-3/h5-8,11-12,25H,4,9-10,13-14H2,1-3H3,(H,22,26). The first-order valence-corrected chi connectivity index (χ1v) is 11.0.